The summed E-state index contributed by atoms with van der Waals surface area (Å²) in [7, 11) is 0. The molecule has 2 aliphatic rings. The fraction of sp³-hybridized carbons (Fsp3) is 0.500. The van der Waals surface area contributed by atoms with E-state index in [-0.39, 0.29) is 24.4 Å². The molecule has 21 heavy (non-hydrogen) atoms. The van der Waals surface area contributed by atoms with E-state index in [0.717, 1.165) is 23.5 Å². The largest absolute Gasteiger partial charge is 0.338 e. The minimum absolute atomic E-state index is 0.0203. The standard InChI is InChI=1S/C16H20N2O2S/c1-11-7-12(2)17(8-11)15(19)9-18-13-5-3-4-6-14(13)21-10-16(18)20/h3-6,11-12H,7-10H2,1-2H3/t11-,12+/m0/s1. The maximum Gasteiger partial charge on any atom is 0.242 e. The van der Waals surface area contributed by atoms with E-state index in [0.29, 0.717) is 11.7 Å². The highest BCUT2D eigenvalue weighted by atomic mass is 32.2. The number of anilines is 1. The van der Waals surface area contributed by atoms with E-state index in [2.05, 4.69) is 13.8 Å². The lowest BCUT2D eigenvalue weighted by molar-refractivity contribution is -0.131. The number of hydrogen-bond acceptors (Lipinski definition) is 3. The molecule has 1 fully saturated rings. The molecular weight excluding hydrogens is 284 g/mol. The smallest absolute Gasteiger partial charge is 0.242 e. The summed E-state index contributed by atoms with van der Waals surface area (Å²) in [4.78, 5) is 29.4. The number of nitrogens with zero attached hydrogens (tertiary/aromatic N) is 2. The monoisotopic (exact) mass is 304 g/mol. The highest BCUT2D eigenvalue weighted by Gasteiger charge is 2.33. The minimum Gasteiger partial charge on any atom is -0.338 e. The van der Waals surface area contributed by atoms with Crippen molar-refractivity contribution in [2.24, 2.45) is 5.92 Å². The number of benzene rings is 1. The minimum atomic E-state index is 0.0203. The van der Waals surface area contributed by atoms with Crippen molar-refractivity contribution in [2.45, 2.75) is 31.2 Å². The van der Waals surface area contributed by atoms with Crippen LogP contribution in [-0.4, -0.2) is 41.6 Å². The van der Waals surface area contributed by atoms with Crippen molar-refractivity contribution < 1.29 is 9.59 Å². The van der Waals surface area contributed by atoms with Crippen LogP contribution < -0.4 is 4.90 Å². The van der Waals surface area contributed by atoms with Gasteiger partial charge in [0, 0.05) is 17.5 Å². The second-order valence-corrected chi connectivity index (χ2v) is 6.99. The maximum atomic E-state index is 12.6. The highest BCUT2D eigenvalue weighted by Crippen LogP contribution is 2.35. The molecule has 0 aromatic heterocycles. The van der Waals surface area contributed by atoms with Crippen LogP contribution in [0.2, 0.25) is 0 Å². The summed E-state index contributed by atoms with van der Waals surface area (Å²) in [6.07, 6.45) is 1.05. The number of rotatable bonds is 2. The third-order valence-electron chi connectivity index (χ3n) is 4.21. The molecule has 0 aliphatic carbocycles. The van der Waals surface area contributed by atoms with E-state index in [1.807, 2.05) is 29.2 Å². The van der Waals surface area contributed by atoms with Crippen LogP contribution in [-0.2, 0) is 9.59 Å². The Balaban J connectivity index is 1.78. The molecule has 0 N–H and O–H groups in total. The van der Waals surface area contributed by atoms with Crippen LogP contribution >= 0.6 is 11.8 Å². The zero-order valence-electron chi connectivity index (χ0n) is 12.4. The molecule has 2 atom stereocenters. The van der Waals surface area contributed by atoms with Crippen LogP contribution in [0.1, 0.15) is 20.3 Å². The van der Waals surface area contributed by atoms with Crippen LogP contribution in [0, 0.1) is 5.92 Å². The van der Waals surface area contributed by atoms with Crippen molar-refractivity contribution in [3.05, 3.63) is 24.3 Å². The number of carbonyl (C=O) groups excluding carboxylic acids is 2. The van der Waals surface area contributed by atoms with Gasteiger partial charge in [-0.3, -0.25) is 9.59 Å². The number of thioether (sulfide) groups is 1. The van der Waals surface area contributed by atoms with E-state index in [1.54, 1.807) is 16.7 Å². The predicted octanol–water partition coefficient (Wildman–Crippen LogP) is 2.38. The van der Waals surface area contributed by atoms with E-state index in [9.17, 15) is 9.59 Å². The molecule has 0 saturated carbocycles. The molecule has 2 heterocycles. The van der Waals surface area contributed by atoms with Crippen LogP contribution in [0.4, 0.5) is 5.69 Å². The first kappa shape index (κ1) is 14.4. The van der Waals surface area contributed by atoms with Crippen LogP contribution in [0.15, 0.2) is 29.2 Å². The van der Waals surface area contributed by atoms with Crippen molar-refractivity contribution in [3.63, 3.8) is 0 Å². The van der Waals surface area contributed by atoms with E-state index >= 15 is 0 Å². The van der Waals surface area contributed by atoms with Gasteiger partial charge in [0.15, 0.2) is 0 Å². The van der Waals surface area contributed by atoms with Crippen molar-refractivity contribution in [1.82, 2.24) is 4.90 Å². The lowest BCUT2D eigenvalue weighted by atomic mass is 10.1. The third-order valence-corrected chi connectivity index (χ3v) is 5.25. The summed E-state index contributed by atoms with van der Waals surface area (Å²) < 4.78 is 0. The first-order chi connectivity index (χ1) is 10.1. The zero-order valence-corrected chi connectivity index (χ0v) is 13.2. The van der Waals surface area contributed by atoms with Gasteiger partial charge in [0.2, 0.25) is 11.8 Å². The Labute approximate surface area is 129 Å². The second-order valence-electron chi connectivity index (χ2n) is 5.97. The van der Waals surface area contributed by atoms with Crippen LogP contribution in [0.3, 0.4) is 0 Å². The van der Waals surface area contributed by atoms with E-state index < -0.39 is 0 Å². The topological polar surface area (TPSA) is 40.6 Å². The quantitative estimate of drug-likeness (QED) is 0.842. The lowest BCUT2D eigenvalue weighted by Gasteiger charge is -2.31. The Morgan fingerprint density at radius 3 is 2.81 bits per heavy atom. The number of hydrogen-bond donors (Lipinski definition) is 0. The number of para-hydroxylation sites is 1. The molecule has 0 unspecified atom stereocenters. The van der Waals surface area contributed by atoms with Crippen molar-refractivity contribution in [1.29, 1.82) is 0 Å². The van der Waals surface area contributed by atoms with Gasteiger partial charge in [-0.25, -0.2) is 0 Å². The highest BCUT2D eigenvalue weighted by molar-refractivity contribution is 8.00. The zero-order chi connectivity index (χ0) is 15.0. The summed E-state index contributed by atoms with van der Waals surface area (Å²) >= 11 is 1.54. The van der Waals surface area contributed by atoms with E-state index in [4.69, 9.17) is 0 Å². The van der Waals surface area contributed by atoms with Gasteiger partial charge in [-0.2, -0.15) is 0 Å². The SMILES string of the molecule is C[C@H]1C[C@@H](C)N(C(=O)CN2C(=O)CSc3ccccc32)C1. The molecular formula is C16H20N2O2S. The molecule has 2 amide bonds. The van der Waals surface area contributed by atoms with Gasteiger partial charge >= 0.3 is 0 Å². The number of carbonyl (C=O) groups is 2. The third kappa shape index (κ3) is 2.79. The first-order valence-electron chi connectivity index (χ1n) is 7.38. The van der Waals surface area contributed by atoms with Gasteiger partial charge in [0.05, 0.1) is 11.4 Å². The van der Waals surface area contributed by atoms with Gasteiger partial charge in [-0.15, -0.1) is 11.8 Å². The molecule has 0 radical (unpaired) electrons. The molecule has 0 bridgehead atoms. The average Bonchev–Trinajstić information content (AvgIpc) is 2.81. The van der Waals surface area contributed by atoms with Crippen LogP contribution in [0.25, 0.3) is 0 Å². The Kier molecular flexibility index (Phi) is 3.93. The first-order valence-corrected chi connectivity index (χ1v) is 8.36. The molecule has 1 saturated heterocycles. The summed E-state index contributed by atoms with van der Waals surface area (Å²) in [6.45, 7) is 5.22. The fourth-order valence-corrected chi connectivity index (χ4v) is 4.14. The van der Waals surface area contributed by atoms with Crippen molar-refractivity contribution in [3.8, 4) is 0 Å². The molecule has 2 aliphatic heterocycles. The Bertz CT molecular complexity index is 575. The maximum absolute atomic E-state index is 12.6. The Morgan fingerprint density at radius 2 is 2.10 bits per heavy atom. The summed E-state index contributed by atoms with van der Waals surface area (Å²) in [5.74, 6) is 1.04. The molecule has 3 rings (SSSR count). The molecule has 1 aromatic carbocycles. The molecule has 0 spiro atoms. The normalized spacial score (nSPS) is 25.1. The average molecular weight is 304 g/mol. The van der Waals surface area contributed by atoms with Crippen molar-refractivity contribution in [2.75, 3.05) is 23.7 Å². The summed E-state index contributed by atoms with van der Waals surface area (Å²) in [5.41, 5.74) is 0.868. The van der Waals surface area contributed by atoms with Crippen molar-refractivity contribution >= 4 is 29.3 Å². The Hall–Kier alpha value is -1.49. The number of amides is 2. The van der Waals surface area contributed by atoms with E-state index in [1.165, 1.54) is 0 Å². The van der Waals surface area contributed by atoms with Gasteiger partial charge in [-0.05, 0) is 31.4 Å². The molecule has 4 nitrogen and oxygen atoms in total. The summed E-state index contributed by atoms with van der Waals surface area (Å²) in [5, 5.41) is 0. The van der Waals surface area contributed by atoms with Gasteiger partial charge in [-0.1, -0.05) is 19.1 Å². The molecule has 1 aromatic rings. The van der Waals surface area contributed by atoms with Gasteiger partial charge in [0.1, 0.15) is 6.54 Å². The number of likely N-dealkylation sites (tertiary alicyclic amines) is 1. The molecule has 112 valence electrons. The molecule has 5 heteroatoms. The Morgan fingerprint density at radius 1 is 1.33 bits per heavy atom. The van der Waals surface area contributed by atoms with Gasteiger partial charge in [0.25, 0.3) is 0 Å². The lowest BCUT2D eigenvalue weighted by Crippen LogP contribution is -2.46. The second kappa shape index (κ2) is 5.72. The predicted molar refractivity (Wildman–Crippen MR) is 84.5 cm³/mol. The fourth-order valence-electron chi connectivity index (χ4n) is 3.20. The van der Waals surface area contributed by atoms with Crippen LogP contribution in [0.5, 0.6) is 0 Å². The van der Waals surface area contributed by atoms with Gasteiger partial charge < -0.3 is 9.80 Å². The number of fused-ring (bicyclic) bond motifs is 1. The summed E-state index contributed by atoms with van der Waals surface area (Å²) in [6, 6.07) is 8.08.